The van der Waals surface area contributed by atoms with Crippen molar-refractivity contribution >= 4 is 67.1 Å². The lowest BCUT2D eigenvalue weighted by molar-refractivity contribution is -0.146. The highest BCUT2D eigenvalue weighted by molar-refractivity contribution is 9.10. The van der Waals surface area contributed by atoms with Crippen molar-refractivity contribution in [3.63, 3.8) is 0 Å². The van der Waals surface area contributed by atoms with E-state index in [1.807, 2.05) is 60.3 Å². The molecule has 0 unspecified atom stereocenters. The SMILES string of the molecule is CN1C/C(=C\c2ccc(Br)cc2)C(=O)[C@]2(C1)[C@@H](c1ccc(Br)cc1)[C@@H]1CSCN1[C@@]21C(=O)Nc2ccccc21. The molecular formula is C31H27Br2N3O2S. The predicted octanol–water partition coefficient (Wildman–Crippen LogP) is 6.12. The second-order valence-corrected chi connectivity index (χ2v) is 13.8. The zero-order valence-corrected chi connectivity index (χ0v) is 25.4. The Morgan fingerprint density at radius 3 is 2.41 bits per heavy atom. The minimum absolute atomic E-state index is 0.0532. The number of rotatable bonds is 2. The predicted molar refractivity (Wildman–Crippen MR) is 164 cm³/mol. The summed E-state index contributed by atoms with van der Waals surface area (Å²) in [6, 6.07) is 24.4. The highest BCUT2D eigenvalue weighted by Crippen LogP contribution is 2.68. The first-order valence-electron chi connectivity index (χ1n) is 13.1. The van der Waals surface area contributed by atoms with Gasteiger partial charge in [-0.25, -0.2) is 0 Å². The maximum atomic E-state index is 15.2. The number of halogens is 2. The van der Waals surface area contributed by atoms with E-state index in [1.165, 1.54) is 0 Å². The Bertz CT molecular complexity index is 1530. The number of piperidine rings is 1. The largest absolute Gasteiger partial charge is 0.324 e. The third-order valence-electron chi connectivity index (χ3n) is 8.90. The summed E-state index contributed by atoms with van der Waals surface area (Å²) in [4.78, 5) is 34.3. The third-order valence-corrected chi connectivity index (χ3v) is 11.0. The molecule has 0 aromatic heterocycles. The summed E-state index contributed by atoms with van der Waals surface area (Å²) in [7, 11) is 2.08. The molecule has 1 N–H and O–H groups in total. The molecule has 1 amide bonds. The molecule has 3 saturated heterocycles. The van der Waals surface area contributed by atoms with Crippen LogP contribution in [0.3, 0.4) is 0 Å². The number of para-hydroxylation sites is 1. The second-order valence-electron chi connectivity index (χ2n) is 11.0. The lowest BCUT2D eigenvalue weighted by Crippen LogP contribution is -2.65. The zero-order valence-electron chi connectivity index (χ0n) is 21.4. The molecular weight excluding hydrogens is 638 g/mol. The van der Waals surface area contributed by atoms with Crippen molar-refractivity contribution in [3.05, 3.63) is 104 Å². The van der Waals surface area contributed by atoms with Gasteiger partial charge in [-0.1, -0.05) is 74.3 Å². The van der Waals surface area contributed by atoms with Crippen LogP contribution in [-0.4, -0.2) is 59.3 Å². The van der Waals surface area contributed by atoms with Crippen LogP contribution in [0.15, 0.2) is 87.3 Å². The summed E-state index contributed by atoms with van der Waals surface area (Å²) in [5.74, 6) is 1.44. The molecule has 2 spiro atoms. The van der Waals surface area contributed by atoms with E-state index in [4.69, 9.17) is 0 Å². The van der Waals surface area contributed by atoms with E-state index in [9.17, 15) is 4.79 Å². The number of likely N-dealkylation sites (tertiary alicyclic amines) is 1. The number of fused-ring (bicyclic) bond motifs is 5. The first kappa shape index (κ1) is 25.7. The molecule has 198 valence electrons. The van der Waals surface area contributed by atoms with Crippen LogP contribution >= 0.6 is 43.6 Å². The van der Waals surface area contributed by atoms with Crippen molar-refractivity contribution in [1.82, 2.24) is 9.80 Å². The molecule has 4 aliphatic rings. The summed E-state index contributed by atoms with van der Waals surface area (Å²) < 4.78 is 1.99. The number of anilines is 1. The van der Waals surface area contributed by atoms with Crippen LogP contribution in [0.1, 0.15) is 22.6 Å². The number of likely N-dealkylation sites (N-methyl/N-ethyl adjacent to an activating group) is 1. The van der Waals surface area contributed by atoms with Gasteiger partial charge in [0.2, 0.25) is 0 Å². The molecule has 0 aliphatic carbocycles. The average molecular weight is 665 g/mol. The highest BCUT2D eigenvalue weighted by atomic mass is 79.9. The van der Waals surface area contributed by atoms with E-state index in [0.29, 0.717) is 19.0 Å². The molecule has 3 aromatic rings. The van der Waals surface area contributed by atoms with Crippen molar-refractivity contribution in [1.29, 1.82) is 0 Å². The van der Waals surface area contributed by atoms with Crippen LogP contribution in [0.4, 0.5) is 5.69 Å². The number of nitrogens with zero attached hydrogens (tertiary/aromatic N) is 2. The van der Waals surface area contributed by atoms with Crippen LogP contribution in [0.2, 0.25) is 0 Å². The number of Topliss-reactive ketones (excluding diaryl/α,β-unsaturated/α-hetero) is 1. The molecule has 7 rings (SSSR count). The first-order chi connectivity index (χ1) is 18.9. The van der Waals surface area contributed by atoms with E-state index < -0.39 is 11.0 Å². The maximum absolute atomic E-state index is 15.2. The first-order valence-corrected chi connectivity index (χ1v) is 15.8. The molecule has 0 bridgehead atoms. The lowest BCUT2D eigenvalue weighted by atomic mass is 9.55. The number of hydrogen-bond donors (Lipinski definition) is 1. The number of carbonyl (C=O) groups is 2. The number of nitrogens with one attached hydrogen (secondary N) is 1. The van der Waals surface area contributed by atoms with Crippen molar-refractivity contribution in [2.75, 3.05) is 37.1 Å². The van der Waals surface area contributed by atoms with Gasteiger partial charge in [0.1, 0.15) is 5.54 Å². The molecule has 3 fully saturated rings. The number of thioether (sulfide) groups is 1. The minimum atomic E-state index is -1.10. The number of carbonyl (C=O) groups excluding carboxylic acids is 2. The minimum Gasteiger partial charge on any atom is -0.324 e. The molecule has 0 saturated carbocycles. The summed E-state index contributed by atoms with van der Waals surface area (Å²) in [5.41, 5.74) is 2.47. The molecule has 39 heavy (non-hydrogen) atoms. The van der Waals surface area contributed by atoms with Gasteiger partial charge in [0.05, 0.1) is 5.41 Å². The van der Waals surface area contributed by atoms with Crippen molar-refractivity contribution in [2.24, 2.45) is 5.41 Å². The van der Waals surface area contributed by atoms with Gasteiger partial charge in [-0.15, -0.1) is 11.8 Å². The fourth-order valence-corrected chi connectivity index (χ4v) is 9.46. The molecule has 0 radical (unpaired) electrons. The summed E-state index contributed by atoms with van der Waals surface area (Å²) in [6.07, 6.45) is 2.02. The standard InChI is InChI=1S/C31H27Br2N3O2S/c1-35-15-21(14-19-6-10-22(32)11-7-19)28(37)30(17-35)27(20-8-12-23(33)13-9-20)26-16-39-18-36(26)31(30)24-4-2-3-5-25(24)34-29(31)38/h2-14,26-27H,15-18H2,1H3,(H,34,38)/b21-14+/t26-,27-,30-,31-/m0/s1. The zero-order chi connectivity index (χ0) is 26.9. The van der Waals surface area contributed by atoms with E-state index >= 15 is 4.79 Å². The maximum Gasteiger partial charge on any atom is 0.250 e. The van der Waals surface area contributed by atoms with Gasteiger partial charge in [-0.2, -0.15) is 0 Å². The van der Waals surface area contributed by atoms with Crippen LogP contribution in [-0.2, 0) is 15.1 Å². The van der Waals surface area contributed by atoms with Crippen molar-refractivity contribution < 1.29 is 9.59 Å². The molecule has 3 aromatic carbocycles. The van der Waals surface area contributed by atoms with Gasteiger partial charge < -0.3 is 10.2 Å². The van der Waals surface area contributed by atoms with Gasteiger partial charge in [0.15, 0.2) is 5.78 Å². The van der Waals surface area contributed by atoms with E-state index in [-0.39, 0.29) is 23.7 Å². The van der Waals surface area contributed by atoms with E-state index in [2.05, 4.69) is 84.4 Å². The Kier molecular flexibility index (Phi) is 6.21. The molecule has 4 heterocycles. The summed E-state index contributed by atoms with van der Waals surface area (Å²) in [5, 5.41) is 3.21. The van der Waals surface area contributed by atoms with Crippen molar-refractivity contribution in [3.8, 4) is 0 Å². The number of amides is 1. The lowest BCUT2D eigenvalue weighted by Gasteiger charge is -2.51. The summed E-state index contributed by atoms with van der Waals surface area (Å²) >= 11 is 8.97. The monoisotopic (exact) mass is 663 g/mol. The molecule has 8 heteroatoms. The topological polar surface area (TPSA) is 52.7 Å². The third kappa shape index (κ3) is 3.58. The Hall–Kier alpha value is -2.23. The van der Waals surface area contributed by atoms with E-state index in [1.54, 1.807) is 0 Å². The second kappa shape index (κ2) is 9.42. The van der Waals surface area contributed by atoms with Crippen LogP contribution < -0.4 is 5.32 Å². The number of hydrogen-bond acceptors (Lipinski definition) is 5. The number of benzene rings is 3. The molecule has 5 nitrogen and oxygen atoms in total. The van der Waals surface area contributed by atoms with Crippen LogP contribution in [0.5, 0.6) is 0 Å². The Balaban J connectivity index is 1.52. The van der Waals surface area contributed by atoms with Gasteiger partial charge >= 0.3 is 0 Å². The fourth-order valence-electron chi connectivity index (χ4n) is 7.63. The smallest absolute Gasteiger partial charge is 0.250 e. The fraction of sp³-hybridized carbons (Fsp3) is 0.290. The van der Waals surface area contributed by atoms with Gasteiger partial charge in [-0.05, 0) is 54.6 Å². The Labute approximate surface area is 249 Å². The van der Waals surface area contributed by atoms with Crippen LogP contribution in [0.25, 0.3) is 6.08 Å². The Morgan fingerprint density at radius 2 is 1.67 bits per heavy atom. The van der Waals surface area contributed by atoms with Gasteiger partial charge in [0, 0.05) is 62.4 Å². The quantitative estimate of drug-likeness (QED) is 0.335. The number of ketones is 1. The normalized spacial score (nSPS) is 31.3. The van der Waals surface area contributed by atoms with Crippen LogP contribution in [0, 0.1) is 5.41 Å². The van der Waals surface area contributed by atoms with Gasteiger partial charge in [-0.3, -0.25) is 14.5 Å². The molecule has 4 atom stereocenters. The van der Waals surface area contributed by atoms with E-state index in [0.717, 1.165) is 42.6 Å². The molecule has 4 aliphatic heterocycles. The summed E-state index contributed by atoms with van der Waals surface area (Å²) in [6.45, 7) is 1.05. The van der Waals surface area contributed by atoms with Crippen molar-refractivity contribution in [2.45, 2.75) is 17.5 Å². The Morgan fingerprint density at radius 1 is 0.974 bits per heavy atom. The highest BCUT2D eigenvalue weighted by Gasteiger charge is 2.78. The average Bonchev–Trinajstić information content (AvgIpc) is 3.57. The van der Waals surface area contributed by atoms with Gasteiger partial charge in [0.25, 0.3) is 5.91 Å².